The Labute approximate surface area is 180 Å². The average Bonchev–Trinajstić information content (AvgIpc) is 3.33. The van der Waals surface area contributed by atoms with E-state index >= 15 is 0 Å². The summed E-state index contributed by atoms with van der Waals surface area (Å²) in [5.74, 6) is 2.79. The van der Waals surface area contributed by atoms with Crippen LogP contribution in [-0.4, -0.2) is 57.1 Å². The molecule has 29 heavy (non-hydrogen) atoms. The Balaban J connectivity index is 1.29. The first-order valence-electron chi connectivity index (χ1n) is 10.5. The number of halogens is 2. The molecule has 4 heterocycles. The average molecular weight is 437 g/mol. The maximum atomic E-state index is 10.4. The number of piperidine rings is 1. The number of ether oxygens (including phenoxy) is 1. The van der Waals surface area contributed by atoms with Gasteiger partial charge in [0.15, 0.2) is 0 Å². The van der Waals surface area contributed by atoms with Gasteiger partial charge < -0.3 is 19.3 Å². The molecule has 3 aliphatic heterocycles. The van der Waals surface area contributed by atoms with Gasteiger partial charge in [0.2, 0.25) is 0 Å². The Kier molecular flexibility index (Phi) is 5.45. The number of hydrogen-bond donors (Lipinski definition) is 1. The van der Waals surface area contributed by atoms with Gasteiger partial charge in [-0.3, -0.25) is 0 Å². The highest BCUT2D eigenvalue weighted by Gasteiger charge is 2.35. The minimum Gasteiger partial charge on any atom is -0.508 e. The van der Waals surface area contributed by atoms with Crippen molar-refractivity contribution >= 4 is 23.2 Å². The fraction of sp³-hybridized carbons (Fsp3) is 0.619. The molecule has 1 aromatic heterocycles. The fourth-order valence-corrected chi connectivity index (χ4v) is 5.70. The van der Waals surface area contributed by atoms with Crippen LogP contribution in [0.3, 0.4) is 0 Å². The zero-order chi connectivity index (χ0) is 20.0. The fourth-order valence-electron chi connectivity index (χ4n) is 5.22. The van der Waals surface area contributed by atoms with Crippen molar-refractivity contribution < 1.29 is 9.84 Å². The van der Waals surface area contributed by atoms with Gasteiger partial charge in [-0.1, -0.05) is 23.2 Å². The third-order valence-electron chi connectivity index (χ3n) is 6.81. The van der Waals surface area contributed by atoms with Gasteiger partial charge in [-0.25, -0.2) is 0 Å². The summed E-state index contributed by atoms with van der Waals surface area (Å²) in [6.07, 6.45) is 5.25. The lowest BCUT2D eigenvalue weighted by atomic mass is 9.93. The molecule has 0 radical (unpaired) electrons. The van der Waals surface area contributed by atoms with E-state index in [1.165, 1.54) is 0 Å². The number of likely N-dealkylation sites (tertiary alicyclic amines) is 1. The first-order chi connectivity index (χ1) is 14.1. The van der Waals surface area contributed by atoms with Crippen molar-refractivity contribution in [2.45, 2.75) is 56.5 Å². The second-order valence-electron chi connectivity index (χ2n) is 8.43. The number of aromatic hydroxyl groups is 1. The minimum absolute atomic E-state index is 0.0766. The van der Waals surface area contributed by atoms with E-state index in [2.05, 4.69) is 19.7 Å². The molecule has 156 valence electrons. The van der Waals surface area contributed by atoms with Crippen LogP contribution >= 0.6 is 23.2 Å². The van der Waals surface area contributed by atoms with Crippen molar-refractivity contribution in [3.8, 4) is 5.75 Å². The third kappa shape index (κ3) is 3.65. The van der Waals surface area contributed by atoms with Crippen LogP contribution in [0, 0.1) is 0 Å². The Morgan fingerprint density at radius 1 is 1.00 bits per heavy atom. The summed E-state index contributed by atoms with van der Waals surface area (Å²) in [4.78, 5) is 2.63. The van der Waals surface area contributed by atoms with Gasteiger partial charge in [0.25, 0.3) is 0 Å². The molecule has 2 saturated heterocycles. The van der Waals surface area contributed by atoms with Crippen molar-refractivity contribution in [1.82, 2.24) is 19.7 Å². The first kappa shape index (κ1) is 19.6. The molecule has 2 fully saturated rings. The Morgan fingerprint density at radius 3 is 2.52 bits per heavy atom. The van der Waals surface area contributed by atoms with E-state index in [1.54, 1.807) is 12.1 Å². The Morgan fingerprint density at radius 2 is 1.76 bits per heavy atom. The van der Waals surface area contributed by atoms with Gasteiger partial charge in [0, 0.05) is 49.6 Å². The van der Waals surface area contributed by atoms with Crippen LogP contribution in [0.2, 0.25) is 10.0 Å². The SMILES string of the molecule is Oc1ccc(Cl)c(Cl)c1C1Cc2nnc(C3CCN(C4CCOCC4)CC3)n2C1. The summed E-state index contributed by atoms with van der Waals surface area (Å²) in [5, 5.41) is 20.3. The summed E-state index contributed by atoms with van der Waals surface area (Å²) in [5.41, 5.74) is 0.727. The number of rotatable bonds is 3. The standard InChI is InChI=1S/C21H26Cl2N4O2/c22-16-1-2-17(28)19(20(16)23)14-11-18-24-25-21(27(18)12-14)13-3-7-26(8-4-13)15-5-9-29-10-6-15/h1-2,13-15,28H,3-12H2. The summed E-state index contributed by atoms with van der Waals surface area (Å²) in [7, 11) is 0. The zero-order valence-electron chi connectivity index (χ0n) is 16.4. The van der Waals surface area contributed by atoms with Crippen LogP contribution in [0.25, 0.3) is 0 Å². The molecule has 1 unspecified atom stereocenters. The van der Waals surface area contributed by atoms with Crippen molar-refractivity contribution in [1.29, 1.82) is 0 Å². The molecule has 3 aliphatic rings. The van der Waals surface area contributed by atoms with E-state index in [0.717, 1.165) is 82.2 Å². The lowest BCUT2D eigenvalue weighted by molar-refractivity contribution is 0.0247. The van der Waals surface area contributed by atoms with E-state index in [9.17, 15) is 5.11 Å². The predicted octanol–water partition coefficient (Wildman–Crippen LogP) is 3.99. The first-order valence-corrected chi connectivity index (χ1v) is 11.3. The lowest BCUT2D eigenvalue weighted by Gasteiger charge is -2.39. The Hall–Kier alpha value is -1.34. The van der Waals surface area contributed by atoms with Crippen molar-refractivity contribution in [3.05, 3.63) is 39.4 Å². The van der Waals surface area contributed by atoms with Gasteiger partial charge in [-0.15, -0.1) is 10.2 Å². The van der Waals surface area contributed by atoms with Gasteiger partial charge in [-0.2, -0.15) is 0 Å². The molecular formula is C21H26Cl2N4O2. The summed E-state index contributed by atoms with van der Waals surface area (Å²) in [6.45, 7) is 4.75. The monoisotopic (exact) mass is 436 g/mol. The molecule has 5 rings (SSSR count). The van der Waals surface area contributed by atoms with Crippen LogP contribution in [0.4, 0.5) is 0 Å². The van der Waals surface area contributed by atoms with Crippen LogP contribution in [0.5, 0.6) is 5.75 Å². The molecule has 6 nitrogen and oxygen atoms in total. The maximum Gasteiger partial charge on any atom is 0.136 e. The molecule has 1 aromatic carbocycles. The number of benzene rings is 1. The number of aromatic nitrogens is 3. The topological polar surface area (TPSA) is 63.4 Å². The highest BCUT2D eigenvalue weighted by Crippen LogP contribution is 2.42. The van der Waals surface area contributed by atoms with Gasteiger partial charge in [-0.05, 0) is 50.9 Å². The van der Waals surface area contributed by atoms with E-state index < -0.39 is 0 Å². The molecule has 1 atom stereocenters. The normalized spacial score (nSPS) is 24.1. The molecule has 0 aliphatic carbocycles. The zero-order valence-corrected chi connectivity index (χ0v) is 17.9. The van der Waals surface area contributed by atoms with Crippen molar-refractivity contribution in [2.75, 3.05) is 26.3 Å². The molecule has 8 heteroatoms. The van der Waals surface area contributed by atoms with Crippen LogP contribution in [-0.2, 0) is 17.7 Å². The van der Waals surface area contributed by atoms with Gasteiger partial charge in [0.1, 0.15) is 17.4 Å². The minimum atomic E-state index is 0.0766. The van der Waals surface area contributed by atoms with Crippen LogP contribution in [0.1, 0.15) is 54.7 Å². The third-order valence-corrected chi connectivity index (χ3v) is 7.63. The number of fused-ring (bicyclic) bond motifs is 1. The summed E-state index contributed by atoms with van der Waals surface area (Å²) < 4.78 is 7.75. The molecule has 1 N–H and O–H groups in total. The molecule has 0 amide bonds. The molecule has 2 aromatic rings. The second kappa shape index (κ2) is 8.06. The van der Waals surface area contributed by atoms with Gasteiger partial charge in [0.05, 0.1) is 10.0 Å². The van der Waals surface area contributed by atoms with E-state index in [4.69, 9.17) is 27.9 Å². The van der Waals surface area contributed by atoms with E-state index in [-0.39, 0.29) is 11.7 Å². The van der Waals surface area contributed by atoms with Crippen molar-refractivity contribution in [3.63, 3.8) is 0 Å². The van der Waals surface area contributed by atoms with Crippen LogP contribution < -0.4 is 0 Å². The molecular weight excluding hydrogens is 411 g/mol. The van der Waals surface area contributed by atoms with Crippen LogP contribution in [0.15, 0.2) is 12.1 Å². The summed E-state index contributed by atoms with van der Waals surface area (Å²) in [6, 6.07) is 3.93. The second-order valence-corrected chi connectivity index (χ2v) is 9.22. The Bertz CT molecular complexity index is 889. The molecule has 0 saturated carbocycles. The molecule has 0 bridgehead atoms. The predicted molar refractivity (Wildman–Crippen MR) is 112 cm³/mol. The molecule has 0 spiro atoms. The number of hydrogen-bond acceptors (Lipinski definition) is 5. The number of phenolic OH excluding ortho intramolecular Hbond substituents is 1. The number of phenols is 1. The quantitative estimate of drug-likeness (QED) is 0.787. The van der Waals surface area contributed by atoms with E-state index in [1.807, 2.05) is 0 Å². The number of nitrogens with zero attached hydrogens (tertiary/aromatic N) is 4. The maximum absolute atomic E-state index is 10.4. The van der Waals surface area contributed by atoms with E-state index in [0.29, 0.717) is 22.0 Å². The summed E-state index contributed by atoms with van der Waals surface area (Å²) >= 11 is 12.6. The highest BCUT2D eigenvalue weighted by atomic mass is 35.5. The van der Waals surface area contributed by atoms with Gasteiger partial charge >= 0.3 is 0 Å². The van der Waals surface area contributed by atoms with Crippen molar-refractivity contribution in [2.24, 2.45) is 0 Å². The highest BCUT2D eigenvalue weighted by molar-refractivity contribution is 6.42. The largest absolute Gasteiger partial charge is 0.508 e. The smallest absolute Gasteiger partial charge is 0.136 e. The lowest BCUT2D eigenvalue weighted by Crippen LogP contribution is -2.44.